The highest BCUT2D eigenvalue weighted by atomic mass is 16.1. The fourth-order valence-corrected chi connectivity index (χ4v) is 2.05. The van der Waals surface area contributed by atoms with E-state index in [0.717, 1.165) is 5.56 Å². The second-order valence-corrected chi connectivity index (χ2v) is 4.61. The van der Waals surface area contributed by atoms with Gasteiger partial charge in [0.1, 0.15) is 5.92 Å². The Morgan fingerprint density at radius 2 is 1.50 bits per heavy atom. The molecule has 0 aliphatic carbocycles. The van der Waals surface area contributed by atoms with Gasteiger partial charge in [0.2, 0.25) is 5.91 Å². The number of nitriles is 1. The molecule has 0 aromatic heterocycles. The van der Waals surface area contributed by atoms with Crippen LogP contribution in [0.25, 0.3) is 0 Å². The SMILES string of the molecule is CC(NC(=O)C(C#N)c1ccccc1)c1ccccc1. The van der Waals surface area contributed by atoms with Gasteiger partial charge in [0.25, 0.3) is 0 Å². The van der Waals surface area contributed by atoms with Gasteiger partial charge in [0, 0.05) is 0 Å². The molecule has 2 aromatic carbocycles. The molecule has 3 nitrogen and oxygen atoms in total. The van der Waals surface area contributed by atoms with E-state index in [0.29, 0.717) is 5.56 Å². The summed E-state index contributed by atoms with van der Waals surface area (Å²) in [6, 6.07) is 20.7. The molecule has 0 bridgehead atoms. The summed E-state index contributed by atoms with van der Waals surface area (Å²) in [6.07, 6.45) is 0. The average Bonchev–Trinajstić information content (AvgIpc) is 2.50. The Balaban J connectivity index is 2.10. The molecule has 2 aromatic rings. The number of hydrogen-bond donors (Lipinski definition) is 1. The van der Waals surface area contributed by atoms with Crippen molar-refractivity contribution in [2.45, 2.75) is 18.9 Å². The van der Waals surface area contributed by atoms with Crippen molar-refractivity contribution in [1.82, 2.24) is 5.32 Å². The van der Waals surface area contributed by atoms with Crippen LogP contribution in [0.4, 0.5) is 0 Å². The van der Waals surface area contributed by atoms with Gasteiger partial charge in [-0.2, -0.15) is 5.26 Å². The Labute approximate surface area is 118 Å². The van der Waals surface area contributed by atoms with Gasteiger partial charge < -0.3 is 5.32 Å². The highest BCUT2D eigenvalue weighted by Gasteiger charge is 2.21. The largest absolute Gasteiger partial charge is 0.348 e. The van der Waals surface area contributed by atoms with Crippen molar-refractivity contribution in [3.05, 3.63) is 71.8 Å². The van der Waals surface area contributed by atoms with Crippen molar-refractivity contribution in [2.24, 2.45) is 0 Å². The van der Waals surface area contributed by atoms with Crippen molar-refractivity contribution in [3.8, 4) is 6.07 Å². The molecule has 0 aliphatic rings. The summed E-state index contributed by atoms with van der Waals surface area (Å²) in [5.74, 6) is -1.04. The standard InChI is InChI=1S/C17H16N2O/c1-13(14-8-4-2-5-9-14)19-17(20)16(12-18)15-10-6-3-7-11-15/h2-11,13,16H,1H3,(H,19,20). The summed E-state index contributed by atoms with van der Waals surface area (Å²) >= 11 is 0. The number of carbonyl (C=O) groups excluding carboxylic acids is 1. The number of nitrogens with zero attached hydrogens (tertiary/aromatic N) is 1. The molecule has 2 rings (SSSR count). The van der Waals surface area contributed by atoms with Gasteiger partial charge >= 0.3 is 0 Å². The van der Waals surface area contributed by atoms with E-state index in [2.05, 4.69) is 11.4 Å². The molecule has 0 saturated heterocycles. The number of rotatable bonds is 4. The molecular formula is C17H16N2O. The molecule has 2 atom stereocenters. The summed E-state index contributed by atoms with van der Waals surface area (Å²) in [5, 5.41) is 12.1. The minimum absolute atomic E-state index is 0.122. The van der Waals surface area contributed by atoms with Crippen LogP contribution in [0.3, 0.4) is 0 Å². The molecule has 1 amide bonds. The minimum Gasteiger partial charge on any atom is -0.348 e. The maximum atomic E-state index is 12.2. The molecule has 0 saturated carbocycles. The van der Waals surface area contributed by atoms with Gasteiger partial charge in [0.05, 0.1) is 12.1 Å². The summed E-state index contributed by atoms with van der Waals surface area (Å²) in [4.78, 5) is 12.2. The van der Waals surface area contributed by atoms with E-state index in [1.54, 1.807) is 12.1 Å². The number of benzene rings is 2. The van der Waals surface area contributed by atoms with Gasteiger partial charge in [-0.3, -0.25) is 4.79 Å². The molecule has 0 heterocycles. The Morgan fingerprint density at radius 3 is 2.00 bits per heavy atom. The van der Waals surface area contributed by atoms with Crippen LogP contribution in [0.5, 0.6) is 0 Å². The van der Waals surface area contributed by atoms with Crippen molar-refractivity contribution in [1.29, 1.82) is 5.26 Å². The molecule has 2 unspecified atom stereocenters. The van der Waals surface area contributed by atoms with Crippen molar-refractivity contribution >= 4 is 5.91 Å². The topological polar surface area (TPSA) is 52.9 Å². The van der Waals surface area contributed by atoms with Crippen LogP contribution < -0.4 is 5.32 Å². The van der Waals surface area contributed by atoms with Crippen LogP contribution in [0.15, 0.2) is 60.7 Å². The molecule has 0 spiro atoms. The molecule has 1 N–H and O–H groups in total. The van der Waals surface area contributed by atoms with E-state index in [4.69, 9.17) is 0 Å². The smallest absolute Gasteiger partial charge is 0.242 e. The Kier molecular flexibility index (Phi) is 4.52. The van der Waals surface area contributed by atoms with Crippen molar-refractivity contribution in [2.75, 3.05) is 0 Å². The summed E-state index contributed by atoms with van der Waals surface area (Å²) < 4.78 is 0. The van der Waals surface area contributed by atoms with Gasteiger partial charge in [-0.15, -0.1) is 0 Å². The first-order chi connectivity index (χ1) is 9.72. The summed E-state index contributed by atoms with van der Waals surface area (Å²) in [7, 11) is 0. The van der Waals surface area contributed by atoms with Crippen molar-refractivity contribution in [3.63, 3.8) is 0 Å². The Morgan fingerprint density at radius 1 is 1.00 bits per heavy atom. The van der Waals surface area contributed by atoms with Crippen LogP contribution in [0, 0.1) is 11.3 Å². The van der Waals surface area contributed by atoms with Gasteiger partial charge in [-0.05, 0) is 18.1 Å². The predicted octanol–water partition coefficient (Wildman–Crippen LogP) is 3.17. The quantitative estimate of drug-likeness (QED) is 0.922. The van der Waals surface area contributed by atoms with Crippen LogP contribution >= 0.6 is 0 Å². The highest BCUT2D eigenvalue weighted by molar-refractivity contribution is 5.86. The third-order valence-corrected chi connectivity index (χ3v) is 3.18. The molecule has 3 heteroatoms. The molecule has 20 heavy (non-hydrogen) atoms. The van der Waals surface area contributed by atoms with E-state index in [9.17, 15) is 10.1 Å². The molecule has 0 fully saturated rings. The monoisotopic (exact) mass is 264 g/mol. The number of hydrogen-bond acceptors (Lipinski definition) is 2. The second kappa shape index (κ2) is 6.53. The van der Waals surface area contributed by atoms with E-state index >= 15 is 0 Å². The highest BCUT2D eigenvalue weighted by Crippen LogP contribution is 2.17. The van der Waals surface area contributed by atoms with Gasteiger partial charge in [0.15, 0.2) is 0 Å². The molecule has 100 valence electrons. The van der Waals surface area contributed by atoms with Gasteiger partial charge in [-0.25, -0.2) is 0 Å². The summed E-state index contributed by atoms with van der Waals surface area (Å²) in [6.45, 7) is 1.91. The summed E-state index contributed by atoms with van der Waals surface area (Å²) in [5.41, 5.74) is 1.73. The third-order valence-electron chi connectivity index (χ3n) is 3.18. The molecule has 0 radical (unpaired) electrons. The Bertz CT molecular complexity index is 602. The average molecular weight is 264 g/mol. The first-order valence-electron chi connectivity index (χ1n) is 6.52. The zero-order valence-electron chi connectivity index (χ0n) is 11.3. The molecular weight excluding hydrogens is 248 g/mol. The lowest BCUT2D eigenvalue weighted by molar-refractivity contribution is -0.122. The van der Waals surface area contributed by atoms with Crippen LogP contribution in [0.2, 0.25) is 0 Å². The maximum absolute atomic E-state index is 12.2. The first kappa shape index (κ1) is 13.8. The van der Waals surface area contributed by atoms with E-state index in [-0.39, 0.29) is 11.9 Å². The third kappa shape index (κ3) is 3.24. The van der Waals surface area contributed by atoms with Crippen LogP contribution in [-0.2, 0) is 4.79 Å². The number of amides is 1. The lowest BCUT2D eigenvalue weighted by atomic mass is 9.99. The number of nitrogens with one attached hydrogen (secondary N) is 1. The Hall–Kier alpha value is -2.60. The predicted molar refractivity (Wildman–Crippen MR) is 77.8 cm³/mol. The lowest BCUT2D eigenvalue weighted by Gasteiger charge is -2.16. The zero-order chi connectivity index (χ0) is 14.4. The maximum Gasteiger partial charge on any atom is 0.242 e. The number of carbonyl (C=O) groups is 1. The minimum atomic E-state index is -0.776. The van der Waals surface area contributed by atoms with Crippen LogP contribution in [0.1, 0.15) is 30.0 Å². The fourth-order valence-electron chi connectivity index (χ4n) is 2.05. The van der Waals surface area contributed by atoms with Crippen LogP contribution in [-0.4, -0.2) is 5.91 Å². The first-order valence-corrected chi connectivity index (χ1v) is 6.52. The second-order valence-electron chi connectivity index (χ2n) is 4.61. The van der Waals surface area contributed by atoms with E-state index in [1.807, 2.05) is 55.5 Å². The zero-order valence-corrected chi connectivity index (χ0v) is 11.3. The normalized spacial score (nSPS) is 13.0. The molecule has 0 aliphatic heterocycles. The van der Waals surface area contributed by atoms with E-state index < -0.39 is 5.92 Å². The fraction of sp³-hybridized carbons (Fsp3) is 0.176. The van der Waals surface area contributed by atoms with E-state index in [1.165, 1.54) is 0 Å². The van der Waals surface area contributed by atoms with Crippen molar-refractivity contribution < 1.29 is 4.79 Å². The van der Waals surface area contributed by atoms with Gasteiger partial charge in [-0.1, -0.05) is 60.7 Å². The lowest BCUT2D eigenvalue weighted by Crippen LogP contribution is -2.31.